The number of hydrogen-bond donors (Lipinski definition) is 0. The van der Waals surface area contributed by atoms with E-state index in [-0.39, 0.29) is 101 Å². The van der Waals surface area contributed by atoms with E-state index in [1.54, 1.807) is 0 Å². The fraction of sp³-hybridized carbons (Fsp3) is 0.316. The van der Waals surface area contributed by atoms with Crippen LogP contribution in [0.4, 0.5) is 0 Å². The summed E-state index contributed by atoms with van der Waals surface area (Å²) in [5, 5.41) is 0. The van der Waals surface area contributed by atoms with Crippen LogP contribution in [0.15, 0.2) is 146 Å². The normalized spacial score (nSPS) is 11.5. The number of benzene rings is 4. The van der Waals surface area contributed by atoms with Gasteiger partial charge >= 0.3 is 71.6 Å². The summed E-state index contributed by atoms with van der Waals surface area (Å²) in [7, 11) is 4.51. The van der Waals surface area contributed by atoms with Crippen molar-refractivity contribution in [2.24, 2.45) is 0 Å². The standard InChI is InChI=1S/C76H80O28/c1-45-29-53-37-55-31-46(2)33-57(70(55)94-22-26-98-74(86)50(6)42-102-66(82)18-14-62(78)90-10)39-59-35-48(4)36-60(72(59)96-24-28-100-76(88)52(8)44-104-68(84)20-16-64(80)92-12)40-58-34-47(3)32-56(71(58)95-23-27-99-75(87)51(7)43-103-67(83)19-15-63(79)91-11)38-54(30-45)69(53)93-21-25-97-73(85)49(5)41-101-65(81)17-13-61(77)89-9/h13-20,29-36H,5-8,21-28,37-44H2,1-4,9-12H3/b17-13-,18-14-,19-15-,20-16-. The molecule has 5 rings (SSSR count). The topological polar surface area (TPSA) is 353 Å². The Labute approximate surface area is 599 Å². The molecular formula is C76H80O28. The van der Waals surface area contributed by atoms with Gasteiger partial charge < -0.3 is 75.8 Å². The molecule has 1 aliphatic carbocycles. The highest BCUT2D eigenvalue weighted by Gasteiger charge is 2.26. The molecule has 0 unspecified atom stereocenters. The highest BCUT2D eigenvalue weighted by atomic mass is 16.6. The van der Waals surface area contributed by atoms with Crippen molar-refractivity contribution >= 4 is 71.6 Å². The van der Waals surface area contributed by atoms with Crippen LogP contribution in [0.25, 0.3) is 0 Å². The molecule has 0 fully saturated rings. The Bertz CT molecular complexity index is 3470. The van der Waals surface area contributed by atoms with Gasteiger partial charge in [0.05, 0.1) is 50.7 Å². The molecule has 8 bridgehead atoms. The molecule has 4 aromatic carbocycles. The van der Waals surface area contributed by atoms with Gasteiger partial charge in [-0.15, -0.1) is 0 Å². The number of esters is 12. The van der Waals surface area contributed by atoms with Crippen LogP contribution in [0.2, 0.25) is 0 Å². The first-order chi connectivity index (χ1) is 49.6. The smallest absolute Gasteiger partial charge is 0.337 e. The molecule has 28 heteroatoms. The van der Waals surface area contributed by atoms with E-state index in [2.05, 4.69) is 45.3 Å². The number of fused-ring (bicyclic) bond motifs is 8. The number of aryl methyl sites for hydroxylation is 4. The third-order valence-electron chi connectivity index (χ3n) is 14.3. The lowest BCUT2D eigenvalue weighted by atomic mass is 9.88. The van der Waals surface area contributed by atoms with Gasteiger partial charge in [-0.25, -0.2) is 57.5 Å². The summed E-state index contributed by atoms with van der Waals surface area (Å²) in [4.78, 5) is 148. The zero-order valence-electron chi connectivity index (χ0n) is 58.8. The summed E-state index contributed by atoms with van der Waals surface area (Å²) >= 11 is 0. The van der Waals surface area contributed by atoms with Gasteiger partial charge in [-0.05, 0) is 72.2 Å². The molecule has 0 aliphatic heterocycles. The summed E-state index contributed by atoms with van der Waals surface area (Å²) in [6.45, 7) is 17.8. The molecule has 0 saturated heterocycles. The molecule has 0 amide bonds. The van der Waals surface area contributed by atoms with E-state index in [4.69, 9.17) is 56.8 Å². The maximum Gasteiger partial charge on any atom is 0.337 e. The van der Waals surface area contributed by atoms with Crippen molar-refractivity contribution < 1.29 is 133 Å². The molecule has 0 radical (unpaired) electrons. The third kappa shape index (κ3) is 27.6. The second-order valence-corrected chi connectivity index (χ2v) is 22.6. The Morgan fingerprint density at radius 3 is 0.596 bits per heavy atom. The van der Waals surface area contributed by atoms with Gasteiger partial charge in [0.15, 0.2) is 0 Å². The molecule has 0 saturated carbocycles. The SMILES string of the molecule is C=C(COC(=O)/C=C\C(=O)OC)C(=O)OCCOc1c2cc(C)cc1Cc1cc(C)cc(c1OCCOC(=O)C(=C)COC(=O)/C=C\C(=O)OC)Cc1cc(C)cc(c1OCCOC(=O)C(=C)COC(=O)/C=C\C(=O)OC)Cc1cc(C)cc(c1OCCOC(=O)C(=C)COC(=O)/C=C\C(=O)OC)C2. The van der Waals surface area contributed by atoms with Gasteiger partial charge in [0.1, 0.15) is 102 Å². The molecule has 0 atom stereocenters. The first-order valence-corrected chi connectivity index (χ1v) is 31.7. The maximum atomic E-state index is 13.2. The van der Waals surface area contributed by atoms with E-state index in [1.165, 1.54) is 0 Å². The van der Waals surface area contributed by atoms with Crippen molar-refractivity contribution in [1.29, 1.82) is 0 Å². The minimum absolute atomic E-state index is 0.109. The van der Waals surface area contributed by atoms with E-state index < -0.39 is 98.1 Å². The zero-order chi connectivity index (χ0) is 76.4. The third-order valence-corrected chi connectivity index (χ3v) is 14.3. The van der Waals surface area contributed by atoms with Crippen LogP contribution in [0.3, 0.4) is 0 Å². The second kappa shape index (κ2) is 42.0. The lowest BCUT2D eigenvalue weighted by Crippen LogP contribution is -2.19. The Hall–Kier alpha value is -12.4. The monoisotopic (exact) mass is 1440 g/mol. The van der Waals surface area contributed by atoms with E-state index in [1.807, 2.05) is 76.2 Å². The average Bonchev–Trinajstić information content (AvgIpc) is 0.779. The zero-order valence-corrected chi connectivity index (χ0v) is 58.8. The van der Waals surface area contributed by atoms with Gasteiger partial charge in [0, 0.05) is 74.3 Å². The first-order valence-electron chi connectivity index (χ1n) is 31.7. The molecule has 552 valence electrons. The predicted molar refractivity (Wildman–Crippen MR) is 367 cm³/mol. The van der Waals surface area contributed by atoms with Crippen LogP contribution in [-0.2, 0) is 140 Å². The van der Waals surface area contributed by atoms with Crippen molar-refractivity contribution in [3.05, 3.63) is 213 Å². The predicted octanol–water partition coefficient (Wildman–Crippen LogP) is 6.60. The van der Waals surface area contributed by atoms with Crippen molar-refractivity contribution in [3.8, 4) is 23.0 Å². The first kappa shape index (κ1) is 82.3. The van der Waals surface area contributed by atoms with Crippen LogP contribution in [0.1, 0.15) is 66.8 Å². The summed E-state index contributed by atoms with van der Waals surface area (Å²) in [5.74, 6) is -9.21. The molecule has 0 spiro atoms. The van der Waals surface area contributed by atoms with Gasteiger partial charge in [-0.3, -0.25) is 0 Å². The number of ether oxygens (including phenoxy) is 16. The number of carbonyl (C=O) groups is 12. The molecule has 28 nitrogen and oxygen atoms in total. The van der Waals surface area contributed by atoms with E-state index in [0.717, 1.165) is 99.3 Å². The molecule has 1 aliphatic rings. The summed E-state index contributed by atoms with van der Waals surface area (Å²) < 4.78 is 87.0. The highest BCUT2D eigenvalue weighted by Crippen LogP contribution is 2.41. The molecule has 0 heterocycles. The van der Waals surface area contributed by atoms with Crippen molar-refractivity contribution in [2.75, 3.05) is 108 Å². The van der Waals surface area contributed by atoms with Crippen molar-refractivity contribution in [3.63, 3.8) is 0 Å². The summed E-state index contributed by atoms with van der Waals surface area (Å²) in [5.41, 5.74) is 7.22. The molecular weight excluding hydrogens is 1360 g/mol. The van der Waals surface area contributed by atoms with Gasteiger partial charge in [0.2, 0.25) is 0 Å². The van der Waals surface area contributed by atoms with Gasteiger partial charge in [0.25, 0.3) is 0 Å². The number of rotatable bonds is 36. The minimum Gasteiger partial charge on any atom is -0.489 e. The van der Waals surface area contributed by atoms with Crippen LogP contribution >= 0.6 is 0 Å². The highest BCUT2D eigenvalue weighted by molar-refractivity contribution is 5.95. The fourth-order valence-corrected chi connectivity index (χ4v) is 9.73. The number of methoxy groups -OCH3 is 4. The van der Waals surface area contributed by atoms with Crippen molar-refractivity contribution in [2.45, 2.75) is 53.4 Å². The molecule has 0 N–H and O–H groups in total. The molecule has 4 aromatic rings. The van der Waals surface area contributed by atoms with E-state index >= 15 is 0 Å². The Morgan fingerprint density at radius 1 is 0.269 bits per heavy atom. The fourth-order valence-electron chi connectivity index (χ4n) is 9.73. The Balaban J connectivity index is 1.61. The largest absolute Gasteiger partial charge is 0.489 e. The maximum absolute atomic E-state index is 13.2. The van der Waals surface area contributed by atoms with Crippen molar-refractivity contribution in [1.82, 2.24) is 0 Å². The number of carbonyl (C=O) groups excluding carboxylic acids is 12. The summed E-state index contributed by atoms with van der Waals surface area (Å²) in [6.07, 6.45) is 7.10. The molecule has 0 aromatic heterocycles. The van der Waals surface area contributed by atoms with Crippen LogP contribution in [0.5, 0.6) is 23.0 Å². The van der Waals surface area contributed by atoms with Crippen LogP contribution in [0, 0.1) is 27.7 Å². The van der Waals surface area contributed by atoms with E-state index in [9.17, 15) is 57.5 Å². The lowest BCUT2D eigenvalue weighted by molar-refractivity contribution is -0.144. The van der Waals surface area contributed by atoms with Gasteiger partial charge in [-0.2, -0.15) is 0 Å². The van der Waals surface area contributed by atoms with Crippen LogP contribution in [-0.4, -0.2) is 179 Å². The van der Waals surface area contributed by atoms with E-state index in [0.29, 0.717) is 67.5 Å². The molecule has 104 heavy (non-hydrogen) atoms. The number of hydrogen-bond acceptors (Lipinski definition) is 28. The lowest BCUT2D eigenvalue weighted by Gasteiger charge is -2.24. The van der Waals surface area contributed by atoms with Gasteiger partial charge in [-0.1, -0.05) is 97.1 Å². The average molecular weight is 1440 g/mol. The Kier molecular flexibility index (Phi) is 33.3. The quantitative estimate of drug-likeness (QED) is 0.0176. The summed E-state index contributed by atoms with van der Waals surface area (Å²) in [6, 6.07) is 15.3. The minimum atomic E-state index is -0.949. The van der Waals surface area contributed by atoms with Crippen LogP contribution < -0.4 is 18.9 Å². The second-order valence-electron chi connectivity index (χ2n) is 22.6. The Morgan fingerprint density at radius 2 is 0.433 bits per heavy atom.